The smallest absolute Gasteiger partial charge is 0.0847 e. The predicted octanol–water partition coefficient (Wildman–Crippen LogP) is 4.65. The quantitative estimate of drug-likeness (QED) is 0.787. The molecule has 0 amide bonds. The summed E-state index contributed by atoms with van der Waals surface area (Å²) >= 11 is 12.6. The molecule has 3 atom stereocenters. The van der Waals surface area contributed by atoms with Crippen LogP contribution < -0.4 is 0 Å². The van der Waals surface area contributed by atoms with Gasteiger partial charge in [-0.2, -0.15) is 24.4 Å². The fourth-order valence-electron chi connectivity index (χ4n) is 1.48. The highest BCUT2D eigenvalue weighted by molar-refractivity contribution is 8.20. The molecular weight excluding hydrogens is 292 g/mol. The van der Waals surface area contributed by atoms with Crippen molar-refractivity contribution in [1.82, 2.24) is 0 Å². The van der Waals surface area contributed by atoms with Gasteiger partial charge in [0.2, 0.25) is 0 Å². The predicted molar refractivity (Wildman–Crippen MR) is 86.7 cm³/mol. The highest BCUT2D eigenvalue weighted by atomic mass is 32.2. The molecule has 16 heavy (non-hydrogen) atoms. The Labute approximate surface area is 120 Å². The number of hydrogen-bond donors (Lipinski definition) is 1. The molecule has 1 aliphatic heterocycles. The molecule has 1 saturated heterocycles. The number of rotatable bonds is 5. The van der Waals surface area contributed by atoms with E-state index in [1.165, 1.54) is 22.1 Å². The fourth-order valence-corrected chi connectivity index (χ4v) is 7.58. The summed E-state index contributed by atoms with van der Waals surface area (Å²) in [5, 5.41) is 3.53. The first-order valence-electron chi connectivity index (χ1n) is 5.32. The minimum absolute atomic E-state index is 0.525. The first-order valence-corrected chi connectivity index (χ1v) is 9.86. The lowest BCUT2D eigenvalue weighted by Gasteiger charge is -2.09. The van der Waals surface area contributed by atoms with E-state index in [9.17, 15) is 0 Å². The molecule has 0 bridgehead atoms. The minimum Gasteiger partial charge on any atom is -0.175 e. The SMILES string of the molecule is CC(S)CSCC1CSC(c2cccs2)S1. The normalized spacial score (nSPS) is 27.1. The van der Waals surface area contributed by atoms with E-state index >= 15 is 0 Å². The van der Waals surface area contributed by atoms with Crippen LogP contribution in [0.15, 0.2) is 17.5 Å². The summed E-state index contributed by atoms with van der Waals surface area (Å²) in [5.74, 6) is 3.76. The van der Waals surface area contributed by atoms with Gasteiger partial charge in [0, 0.05) is 32.6 Å². The number of hydrogen-bond acceptors (Lipinski definition) is 5. The molecule has 0 radical (unpaired) electrons. The maximum Gasteiger partial charge on any atom is 0.0847 e. The lowest BCUT2D eigenvalue weighted by molar-refractivity contribution is 1.12. The van der Waals surface area contributed by atoms with E-state index in [2.05, 4.69) is 72.4 Å². The summed E-state index contributed by atoms with van der Waals surface area (Å²) in [6.07, 6.45) is 0. The Morgan fingerprint density at radius 1 is 1.62 bits per heavy atom. The Morgan fingerprint density at radius 2 is 2.50 bits per heavy atom. The summed E-state index contributed by atoms with van der Waals surface area (Å²) in [6, 6.07) is 4.42. The van der Waals surface area contributed by atoms with Gasteiger partial charge in [0.25, 0.3) is 0 Å². The average Bonchev–Trinajstić information content (AvgIpc) is 2.85. The lowest BCUT2D eigenvalue weighted by Crippen LogP contribution is -2.07. The van der Waals surface area contributed by atoms with E-state index in [1.807, 2.05) is 11.3 Å². The van der Waals surface area contributed by atoms with Crippen LogP contribution in [0.25, 0.3) is 0 Å². The molecule has 0 aliphatic carbocycles. The van der Waals surface area contributed by atoms with Gasteiger partial charge in [-0.15, -0.1) is 34.9 Å². The first-order chi connectivity index (χ1) is 7.75. The molecule has 0 spiro atoms. The van der Waals surface area contributed by atoms with E-state index in [0.29, 0.717) is 9.83 Å². The molecule has 1 aromatic rings. The van der Waals surface area contributed by atoms with Gasteiger partial charge in [-0.3, -0.25) is 0 Å². The van der Waals surface area contributed by atoms with Crippen LogP contribution in [0.5, 0.6) is 0 Å². The van der Waals surface area contributed by atoms with Crippen molar-refractivity contribution >= 4 is 59.3 Å². The van der Waals surface area contributed by atoms with Gasteiger partial charge in [0.1, 0.15) is 0 Å². The topological polar surface area (TPSA) is 0 Å². The number of thiophene rings is 1. The monoisotopic (exact) mass is 308 g/mol. The van der Waals surface area contributed by atoms with Gasteiger partial charge in [-0.25, -0.2) is 0 Å². The Kier molecular flexibility index (Phi) is 5.82. The third-order valence-corrected chi connectivity index (χ3v) is 8.76. The molecule has 1 aromatic heterocycles. The van der Waals surface area contributed by atoms with E-state index < -0.39 is 0 Å². The molecule has 2 rings (SSSR count). The second-order valence-corrected chi connectivity index (χ2v) is 9.61. The zero-order chi connectivity index (χ0) is 11.4. The Balaban J connectivity index is 1.72. The van der Waals surface area contributed by atoms with Crippen molar-refractivity contribution in [1.29, 1.82) is 0 Å². The van der Waals surface area contributed by atoms with E-state index in [-0.39, 0.29) is 0 Å². The molecule has 1 fully saturated rings. The highest BCUT2D eigenvalue weighted by Gasteiger charge is 2.27. The molecule has 2 heterocycles. The van der Waals surface area contributed by atoms with Crippen LogP contribution in [0.2, 0.25) is 0 Å². The maximum absolute atomic E-state index is 4.41. The van der Waals surface area contributed by atoms with Gasteiger partial charge in [0.05, 0.1) is 4.58 Å². The first kappa shape index (κ1) is 13.5. The number of thiol groups is 1. The summed E-state index contributed by atoms with van der Waals surface area (Å²) in [7, 11) is 0. The van der Waals surface area contributed by atoms with Crippen molar-refractivity contribution in [2.45, 2.75) is 22.0 Å². The largest absolute Gasteiger partial charge is 0.175 e. The fraction of sp³-hybridized carbons (Fsp3) is 0.636. The molecule has 3 unspecified atom stereocenters. The standard InChI is InChI=1S/C11H16S5/c1-8(12)5-13-6-9-7-15-11(16-9)10-3-2-4-14-10/h2-4,8-9,11-12H,5-7H2,1H3. The van der Waals surface area contributed by atoms with Crippen molar-refractivity contribution in [2.24, 2.45) is 0 Å². The minimum atomic E-state index is 0.525. The molecule has 90 valence electrons. The van der Waals surface area contributed by atoms with E-state index in [4.69, 9.17) is 0 Å². The van der Waals surface area contributed by atoms with Crippen molar-refractivity contribution in [3.63, 3.8) is 0 Å². The van der Waals surface area contributed by atoms with Crippen molar-refractivity contribution in [2.75, 3.05) is 17.3 Å². The highest BCUT2D eigenvalue weighted by Crippen LogP contribution is 2.51. The Morgan fingerprint density at radius 3 is 3.19 bits per heavy atom. The van der Waals surface area contributed by atoms with Gasteiger partial charge in [-0.05, 0) is 11.4 Å². The van der Waals surface area contributed by atoms with E-state index in [0.717, 1.165) is 5.25 Å². The summed E-state index contributed by atoms with van der Waals surface area (Å²) in [4.78, 5) is 1.53. The van der Waals surface area contributed by atoms with Gasteiger partial charge >= 0.3 is 0 Å². The van der Waals surface area contributed by atoms with Crippen LogP contribution in [-0.4, -0.2) is 27.8 Å². The molecule has 0 aromatic carbocycles. The second kappa shape index (κ2) is 6.88. The molecular formula is C11H16S5. The summed E-state index contributed by atoms with van der Waals surface area (Å²) in [6.45, 7) is 2.17. The van der Waals surface area contributed by atoms with E-state index in [1.54, 1.807) is 0 Å². The second-order valence-electron chi connectivity index (χ2n) is 3.83. The molecule has 1 aliphatic rings. The van der Waals surface area contributed by atoms with Crippen LogP contribution in [0.1, 0.15) is 16.4 Å². The third kappa shape index (κ3) is 4.09. The van der Waals surface area contributed by atoms with Gasteiger partial charge < -0.3 is 0 Å². The Bertz CT molecular complexity index is 295. The van der Waals surface area contributed by atoms with Crippen molar-refractivity contribution < 1.29 is 0 Å². The molecule has 5 heteroatoms. The molecule has 0 nitrogen and oxygen atoms in total. The summed E-state index contributed by atoms with van der Waals surface area (Å²) < 4.78 is 0.694. The Hall–Kier alpha value is 1.10. The van der Waals surface area contributed by atoms with Gasteiger partial charge in [-0.1, -0.05) is 13.0 Å². The zero-order valence-electron chi connectivity index (χ0n) is 9.17. The van der Waals surface area contributed by atoms with Crippen LogP contribution in [0.4, 0.5) is 0 Å². The van der Waals surface area contributed by atoms with Crippen LogP contribution in [-0.2, 0) is 0 Å². The third-order valence-electron chi connectivity index (χ3n) is 2.19. The van der Waals surface area contributed by atoms with Crippen LogP contribution in [0, 0.1) is 0 Å². The lowest BCUT2D eigenvalue weighted by atomic mass is 10.5. The van der Waals surface area contributed by atoms with Crippen molar-refractivity contribution in [3.05, 3.63) is 22.4 Å². The van der Waals surface area contributed by atoms with Crippen LogP contribution >= 0.6 is 59.3 Å². The van der Waals surface area contributed by atoms with Gasteiger partial charge in [0.15, 0.2) is 0 Å². The number of thioether (sulfide) groups is 3. The molecule has 0 saturated carbocycles. The maximum atomic E-state index is 4.41. The zero-order valence-corrected chi connectivity index (χ0v) is 13.3. The van der Waals surface area contributed by atoms with Crippen molar-refractivity contribution in [3.8, 4) is 0 Å². The van der Waals surface area contributed by atoms with Crippen LogP contribution in [0.3, 0.4) is 0 Å². The average molecular weight is 309 g/mol. The molecule has 0 N–H and O–H groups in total. The summed E-state index contributed by atoms with van der Waals surface area (Å²) in [5.41, 5.74) is 0.